The number of carbonyl (C=O) groups excluding carboxylic acids is 1. The van der Waals surface area contributed by atoms with Crippen LogP contribution in [0.3, 0.4) is 0 Å². The Labute approximate surface area is 68.6 Å². The molecule has 0 atom stereocenters. The summed E-state index contributed by atoms with van der Waals surface area (Å²) in [7, 11) is 0. The summed E-state index contributed by atoms with van der Waals surface area (Å²) < 4.78 is 0. The highest BCUT2D eigenvalue weighted by molar-refractivity contribution is 5.94. The number of aldehydes is 1. The number of fused-ring (bicyclic) bond motifs is 1. The predicted octanol–water partition coefficient (Wildman–Crippen LogP) is 1.08. The van der Waals surface area contributed by atoms with Crippen molar-refractivity contribution < 1.29 is 4.79 Å². The van der Waals surface area contributed by atoms with Crippen LogP contribution >= 0.6 is 0 Å². The topological polar surface area (TPSA) is 58.6 Å². The van der Waals surface area contributed by atoms with Crippen molar-refractivity contribution in [2.24, 2.45) is 0 Å². The third-order valence-corrected chi connectivity index (χ3v) is 1.83. The van der Waals surface area contributed by atoms with E-state index in [4.69, 9.17) is 0 Å². The van der Waals surface area contributed by atoms with Gasteiger partial charge in [-0.15, -0.1) is 0 Å². The second kappa shape index (κ2) is 2.41. The fourth-order valence-corrected chi connectivity index (χ4v) is 1.17. The van der Waals surface area contributed by atoms with E-state index in [2.05, 4.69) is 15.4 Å². The van der Waals surface area contributed by atoms with E-state index in [1.807, 2.05) is 13.0 Å². The largest absolute Gasteiger partial charge is 0.298 e. The van der Waals surface area contributed by atoms with Gasteiger partial charge in [-0.3, -0.25) is 4.79 Å². The number of aromatic amines is 1. The number of benzene rings is 1. The molecule has 2 rings (SSSR count). The van der Waals surface area contributed by atoms with Gasteiger partial charge in [0.15, 0.2) is 6.29 Å². The summed E-state index contributed by atoms with van der Waals surface area (Å²) in [6.45, 7) is 1.93. The van der Waals surface area contributed by atoms with Gasteiger partial charge in [-0.05, 0) is 18.6 Å². The quantitative estimate of drug-likeness (QED) is 0.636. The van der Waals surface area contributed by atoms with Crippen LogP contribution in [0, 0.1) is 6.92 Å². The number of nitrogens with zero attached hydrogens (tertiary/aromatic N) is 2. The second-order valence-electron chi connectivity index (χ2n) is 2.61. The Balaban J connectivity index is 2.91. The van der Waals surface area contributed by atoms with Gasteiger partial charge in [0.2, 0.25) is 0 Å². The SMILES string of the molecule is Cc1ccc(C=O)c2n[nH]nc12. The molecule has 0 aliphatic carbocycles. The van der Waals surface area contributed by atoms with Crippen molar-refractivity contribution in [3.8, 4) is 0 Å². The van der Waals surface area contributed by atoms with Crippen LogP contribution in [0.2, 0.25) is 0 Å². The monoisotopic (exact) mass is 161 g/mol. The van der Waals surface area contributed by atoms with E-state index in [0.717, 1.165) is 17.4 Å². The molecule has 1 heterocycles. The molecule has 0 unspecified atom stereocenters. The molecule has 1 N–H and O–H groups in total. The van der Waals surface area contributed by atoms with Gasteiger partial charge in [-0.2, -0.15) is 15.4 Å². The summed E-state index contributed by atoms with van der Waals surface area (Å²) in [5.74, 6) is 0. The van der Waals surface area contributed by atoms with E-state index in [1.165, 1.54) is 0 Å². The van der Waals surface area contributed by atoms with Crippen molar-refractivity contribution >= 4 is 17.3 Å². The number of carbonyl (C=O) groups is 1. The molecular formula is C8H7N3O. The lowest BCUT2D eigenvalue weighted by Crippen LogP contribution is -1.84. The molecule has 4 heteroatoms. The molecule has 0 radical (unpaired) electrons. The van der Waals surface area contributed by atoms with Gasteiger partial charge in [0.1, 0.15) is 11.0 Å². The predicted molar refractivity (Wildman–Crippen MR) is 44.0 cm³/mol. The third-order valence-electron chi connectivity index (χ3n) is 1.83. The van der Waals surface area contributed by atoms with Gasteiger partial charge in [0.25, 0.3) is 0 Å². The maximum Gasteiger partial charge on any atom is 0.152 e. The Morgan fingerprint density at radius 1 is 1.33 bits per heavy atom. The molecule has 2 aromatic rings. The molecule has 0 saturated heterocycles. The number of aryl methyl sites for hydroxylation is 1. The van der Waals surface area contributed by atoms with Gasteiger partial charge < -0.3 is 0 Å². The molecule has 12 heavy (non-hydrogen) atoms. The molecule has 0 aliphatic rings. The average molecular weight is 161 g/mol. The molecular weight excluding hydrogens is 154 g/mol. The highest BCUT2D eigenvalue weighted by atomic mass is 16.1. The standard InChI is InChI=1S/C8H7N3O/c1-5-2-3-6(4-12)8-7(5)9-11-10-8/h2-4H,1H3,(H,9,10,11). The van der Waals surface area contributed by atoms with E-state index in [9.17, 15) is 4.79 Å². The Kier molecular flexibility index (Phi) is 1.40. The van der Waals surface area contributed by atoms with E-state index in [1.54, 1.807) is 6.07 Å². The van der Waals surface area contributed by atoms with Gasteiger partial charge in [0, 0.05) is 5.56 Å². The smallest absolute Gasteiger partial charge is 0.152 e. The van der Waals surface area contributed by atoms with Crippen molar-refractivity contribution in [1.29, 1.82) is 0 Å². The van der Waals surface area contributed by atoms with Gasteiger partial charge in [-0.1, -0.05) is 6.07 Å². The minimum Gasteiger partial charge on any atom is -0.298 e. The van der Waals surface area contributed by atoms with Crippen LogP contribution in [0.25, 0.3) is 11.0 Å². The minimum absolute atomic E-state index is 0.573. The maximum atomic E-state index is 10.5. The number of rotatable bonds is 1. The van der Waals surface area contributed by atoms with Gasteiger partial charge in [0.05, 0.1) is 0 Å². The summed E-state index contributed by atoms with van der Waals surface area (Å²) in [4.78, 5) is 10.5. The normalized spacial score (nSPS) is 10.4. The summed E-state index contributed by atoms with van der Waals surface area (Å²) in [5, 5.41) is 10.3. The highest BCUT2D eigenvalue weighted by Gasteiger charge is 2.05. The van der Waals surface area contributed by atoms with Crippen molar-refractivity contribution in [2.75, 3.05) is 0 Å². The molecule has 0 aliphatic heterocycles. The first kappa shape index (κ1) is 6.97. The zero-order valence-corrected chi connectivity index (χ0v) is 6.53. The first-order chi connectivity index (χ1) is 5.83. The second-order valence-corrected chi connectivity index (χ2v) is 2.61. The van der Waals surface area contributed by atoms with Crippen LogP contribution in [-0.4, -0.2) is 21.7 Å². The Morgan fingerprint density at radius 3 is 2.83 bits per heavy atom. The number of hydrogen-bond acceptors (Lipinski definition) is 3. The Morgan fingerprint density at radius 2 is 2.08 bits per heavy atom. The lowest BCUT2D eigenvalue weighted by Gasteiger charge is -1.93. The maximum absolute atomic E-state index is 10.5. The zero-order valence-electron chi connectivity index (χ0n) is 6.53. The number of H-pyrrole nitrogens is 1. The number of nitrogens with one attached hydrogen (secondary N) is 1. The van der Waals surface area contributed by atoms with Crippen molar-refractivity contribution in [1.82, 2.24) is 15.4 Å². The van der Waals surface area contributed by atoms with Crippen molar-refractivity contribution in [2.45, 2.75) is 6.92 Å². The fourth-order valence-electron chi connectivity index (χ4n) is 1.17. The summed E-state index contributed by atoms with van der Waals surface area (Å²) in [5.41, 5.74) is 3.00. The molecule has 0 amide bonds. The molecule has 0 spiro atoms. The molecule has 60 valence electrons. The molecule has 1 aromatic heterocycles. The zero-order chi connectivity index (χ0) is 8.55. The number of hydrogen-bond donors (Lipinski definition) is 1. The van der Waals surface area contributed by atoms with Crippen LogP contribution in [0.5, 0.6) is 0 Å². The van der Waals surface area contributed by atoms with Crippen LogP contribution in [0.4, 0.5) is 0 Å². The van der Waals surface area contributed by atoms with Crippen LogP contribution in [0.15, 0.2) is 12.1 Å². The van der Waals surface area contributed by atoms with Crippen LogP contribution in [0.1, 0.15) is 15.9 Å². The molecule has 0 fully saturated rings. The van der Waals surface area contributed by atoms with E-state index >= 15 is 0 Å². The lowest BCUT2D eigenvalue weighted by atomic mass is 10.1. The Bertz CT molecular complexity index is 433. The third kappa shape index (κ3) is 0.812. The highest BCUT2D eigenvalue weighted by Crippen LogP contribution is 2.15. The van der Waals surface area contributed by atoms with E-state index in [-0.39, 0.29) is 0 Å². The molecule has 1 aromatic carbocycles. The van der Waals surface area contributed by atoms with E-state index < -0.39 is 0 Å². The first-order valence-corrected chi connectivity index (χ1v) is 3.58. The van der Waals surface area contributed by atoms with Crippen molar-refractivity contribution in [3.05, 3.63) is 23.3 Å². The molecule has 0 bridgehead atoms. The summed E-state index contributed by atoms with van der Waals surface area (Å²) >= 11 is 0. The van der Waals surface area contributed by atoms with Gasteiger partial charge >= 0.3 is 0 Å². The van der Waals surface area contributed by atoms with Crippen LogP contribution < -0.4 is 0 Å². The average Bonchev–Trinajstić information content (AvgIpc) is 2.54. The summed E-state index contributed by atoms with van der Waals surface area (Å²) in [6, 6.07) is 3.60. The van der Waals surface area contributed by atoms with Crippen molar-refractivity contribution in [3.63, 3.8) is 0 Å². The first-order valence-electron chi connectivity index (χ1n) is 3.58. The fraction of sp³-hybridized carbons (Fsp3) is 0.125. The Hall–Kier alpha value is -1.71. The molecule has 4 nitrogen and oxygen atoms in total. The van der Waals surface area contributed by atoms with Crippen LogP contribution in [-0.2, 0) is 0 Å². The number of aromatic nitrogens is 3. The lowest BCUT2D eigenvalue weighted by molar-refractivity contribution is 0.112. The van der Waals surface area contributed by atoms with E-state index in [0.29, 0.717) is 11.1 Å². The summed E-state index contributed by atoms with van der Waals surface area (Å²) in [6.07, 6.45) is 0.782. The van der Waals surface area contributed by atoms with Gasteiger partial charge in [-0.25, -0.2) is 0 Å². The minimum atomic E-state index is 0.573. The molecule has 0 saturated carbocycles.